The highest BCUT2D eigenvalue weighted by molar-refractivity contribution is 7.71. The van der Waals surface area contributed by atoms with Crippen LogP contribution < -0.4 is 10.3 Å². The minimum Gasteiger partial charge on any atom is -0.497 e. The molecule has 0 bridgehead atoms. The fourth-order valence-corrected chi connectivity index (χ4v) is 4.22. The molecule has 0 atom stereocenters. The first-order valence-electron chi connectivity index (χ1n) is 10.3. The molecule has 0 unspecified atom stereocenters. The number of benzene rings is 3. The van der Waals surface area contributed by atoms with Gasteiger partial charge in [-0.1, -0.05) is 35.9 Å². The summed E-state index contributed by atoms with van der Waals surface area (Å²) in [5, 5.41) is 0.943. The number of pyridine rings is 1. The van der Waals surface area contributed by atoms with Crippen molar-refractivity contribution in [1.29, 1.82) is 0 Å². The predicted molar refractivity (Wildman–Crippen MR) is 135 cm³/mol. The topological polar surface area (TPSA) is 59.9 Å². The largest absolute Gasteiger partial charge is 0.497 e. The Bertz CT molecular complexity index is 1630. The highest BCUT2D eigenvalue weighted by atomic mass is 35.5. The van der Waals surface area contributed by atoms with Crippen LogP contribution in [0.5, 0.6) is 5.75 Å². The van der Waals surface area contributed by atoms with Crippen molar-refractivity contribution in [2.24, 2.45) is 0 Å². The molecule has 0 radical (unpaired) electrons. The summed E-state index contributed by atoms with van der Waals surface area (Å²) in [6, 6.07) is 22.0. The van der Waals surface area contributed by atoms with Crippen molar-refractivity contribution >= 4 is 34.9 Å². The summed E-state index contributed by atoms with van der Waals surface area (Å²) >= 11 is 11.6. The van der Waals surface area contributed by atoms with Crippen molar-refractivity contribution < 1.29 is 9.13 Å². The lowest BCUT2D eigenvalue weighted by Gasteiger charge is -2.13. The first kappa shape index (κ1) is 22.0. The monoisotopic (exact) mass is 489 g/mol. The van der Waals surface area contributed by atoms with Crippen molar-refractivity contribution in [3.05, 3.63) is 105 Å². The first-order valence-corrected chi connectivity index (χ1v) is 11.1. The molecular weight excluding hydrogens is 473 g/mol. The smallest absolute Gasteiger partial charge is 0.269 e. The molecule has 0 amide bonds. The third-order valence-corrected chi connectivity index (χ3v) is 6.03. The van der Waals surface area contributed by atoms with Crippen LogP contribution in [0.25, 0.3) is 39.1 Å². The molecule has 34 heavy (non-hydrogen) atoms. The van der Waals surface area contributed by atoms with Crippen LogP contribution >= 0.6 is 23.8 Å². The van der Waals surface area contributed by atoms with Gasteiger partial charge in [-0.15, -0.1) is 0 Å². The molecule has 5 aromatic rings. The van der Waals surface area contributed by atoms with E-state index in [0.717, 1.165) is 5.56 Å². The van der Waals surface area contributed by atoms with Crippen molar-refractivity contribution in [2.45, 2.75) is 0 Å². The Labute approximate surface area is 204 Å². The Kier molecular flexibility index (Phi) is 5.73. The number of hydrogen-bond acceptors (Lipinski definition) is 4. The van der Waals surface area contributed by atoms with E-state index in [9.17, 15) is 9.18 Å². The van der Waals surface area contributed by atoms with Crippen molar-refractivity contribution in [1.82, 2.24) is 14.5 Å². The maximum absolute atomic E-state index is 13.8. The fourth-order valence-electron chi connectivity index (χ4n) is 3.80. The zero-order valence-electron chi connectivity index (χ0n) is 17.9. The van der Waals surface area contributed by atoms with Crippen molar-refractivity contribution in [3.8, 4) is 33.8 Å². The lowest BCUT2D eigenvalue weighted by atomic mass is 10.00. The number of ether oxygens (including phenoxy) is 1. The second kappa shape index (κ2) is 8.85. The second-order valence-electron chi connectivity index (χ2n) is 7.56. The lowest BCUT2D eigenvalue weighted by molar-refractivity contribution is 0.414. The standard InChI is InChI=1S/C26H17ClFN3O2S/c1-33-20-12-10-19(11-13-20)31-25(32)23-21(15-4-8-18(28)9-5-15)14-22(29-24(23)30-26(31)34)16-2-6-17(27)7-3-16/h2-14H,1H3,(H,29,30,34). The van der Waals surface area contributed by atoms with Gasteiger partial charge in [0.2, 0.25) is 0 Å². The third-order valence-electron chi connectivity index (χ3n) is 5.49. The highest BCUT2D eigenvalue weighted by Crippen LogP contribution is 2.31. The predicted octanol–water partition coefficient (Wildman–Crippen LogP) is 6.58. The maximum atomic E-state index is 13.8. The summed E-state index contributed by atoms with van der Waals surface area (Å²) in [4.78, 5) is 21.6. The van der Waals surface area contributed by atoms with E-state index < -0.39 is 0 Å². The molecule has 0 saturated carbocycles. The highest BCUT2D eigenvalue weighted by Gasteiger charge is 2.17. The van der Waals surface area contributed by atoms with Crippen LogP contribution in [-0.2, 0) is 0 Å². The van der Waals surface area contributed by atoms with E-state index in [4.69, 9.17) is 28.6 Å². The molecule has 2 heterocycles. The number of aromatic nitrogens is 3. The number of methoxy groups -OCH3 is 1. The number of hydrogen-bond donors (Lipinski definition) is 1. The van der Waals surface area contributed by atoms with Gasteiger partial charge in [-0.05, 0) is 72.4 Å². The average molecular weight is 490 g/mol. The van der Waals surface area contributed by atoms with E-state index >= 15 is 0 Å². The number of H-pyrrole nitrogens is 1. The fraction of sp³-hybridized carbons (Fsp3) is 0.0385. The number of nitrogens with zero attached hydrogens (tertiary/aromatic N) is 2. The molecule has 168 valence electrons. The molecule has 0 aliphatic rings. The van der Waals surface area contributed by atoms with Gasteiger partial charge in [0.1, 0.15) is 17.2 Å². The Hall–Kier alpha value is -3.81. The summed E-state index contributed by atoms with van der Waals surface area (Å²) in [7, 11) is 1.57. The van der Waals surface area contributed by atoms with Gasteiger partial charge >= 0.3 is 0 Å². The van der Waals surface area contributed by atoms with Gasteiger partial charge in [-0.25, -0.2) is 9.37 Å². The van der Waals surface area contributed by atoms with E-state index in [0.29, 0.717) is 44.3 Å². The van der Waals surface area contributed by atoms with Crippen LogP contribution in [0, 0.1) is 10.6 Å². The third kappa shape index (κ3) is 4.00. The van der Waals surface area contributed by atoms with Gasteiger partial charge in [0, 0.05) is 16.1 Å². The van der Waals surface area contributed by atoms with Gasteiger partial charge in [0.25, 0.3) is 5.56 Å². The van der Waals surface area contributed by atoms with E-state index in [1.165, 1.54) is 16.7 Å². The Morgan fingerprint density at radius 3 is 2.26 bits per heavy atom. The summed E-state index contributed by atoms with van der Waals surface area (Å²) in [5.41, 5.74) is 3.30. The SMILES string of the molecule is COc1ccc(-n2c(=S)[nH]c3nc(-c4ccc(Cl)cc4)cc(-c4ccc(F)cc4)c3c2=O)cc1. The molecule has 5 nitrogen and oxygen atoms in total. The minimum atomic E-state index is -0.366. The molecule has 2 aromatic heterocycles. The molecule has 8 heteroatoms. The van der Waals surface area contributed by atoms with Crippen molar-refractivity contribution in [3.63, 3.8) is 0 Å². The number of nitrogens with one attached hydrogen (secondary N) is 1. The zero-order valence-corrected chi connectivity index (χ0v) is 19.5. The molecule has 0 aliphatic heterocycles. The quantitative estimate of drug-likeness (QED) is 0.290. The molecule has 5 rings (SSSR count). The van der Waals surface area contributed by atoms with Crippen LogP contribution in [0.1, 0.15) is 0 Å². The Morgan fingerprint density at radius 1 is 0.971 bits per heavy atom. The molecule has 1 N–H and O–H groups in total. The Balaban J connectivity index is 1.83. The molecule has 0 spiro atoms. The summed E-state index contributed by atoms with van der Waals surface area (Å²) < 4.78 is 20.5. The molecule has 3 aromatic carbocycles. The summed E-state index contributed by atoms with van der Waals surface area (Å²) in [6.45, 7) is 0. The van der Waals surface area contributed by atoms with Gasteiger partial charge in [-0.2, -0.15) is 0 Å². The van der Waals surface area contributed by atoms with Gasteiger partial charge in [0.05, 0.1) is 23.9 Å². The normalized spacial score (nSPS) is 11.0. The molecule has 0 saturated heterocycles. The Morgan fingerprint density at radius 2 is 1.62 bits per heavy atom. The number of aromatic amines is 1. The average Bonchev–Trinajstić information content (AvgIpc) is 2.84. The van der Waals surface area contributed by atoms with Crippen molar-refractivity contribution in [2.75, 3.05) is 7.11 Å². The van der Waals surface area contributed by atoms with Crippen LogP contribution in [0.3, 0.4) is 0 Å². The van der Waals surface area contributed by atoms with Crippen LogP contribution in [-0.4, -0.2) is 21.6 Å². The lowest BCUT2D eigenvalue weighted by Crippen LogP contribution is -2.21. The van der Waals surface area contributed by atoms with Gasteiger partial charge in [-0.3, -0.25) is 9.36 Å². The molecule has 0 aliphatic carbocycles. The first-order chi connectivity index (χ1) is 16.4. The van der Waals surface area contributed by atoms with Crippen LogP contribution in [0.15, 0.2) is 83.7 Å². The second-order valence-corrected chi connectivity index (χ2v) is 8.38. The summed E-state index contributed by atoms with van der Waals surface area (Å²) in [5.74, 6) is 0.295. The van der Waals surface area contributed by atoms with Crippen LogP contribution in [0.4, 0.5) is 4.39 Å². The molecular formula is C26H17ClFN3O2S. The zero-order chi connectivity index (χ0) is 23.8. The number of halogens is 2. The minimum absolute atomic E-state index is 0.202. The van der Waals surface area contributed by atoms with E-state index in [-0.39, 0.29) is 16.1 Å². The maximum Gasteiger partial charge on any atom is 0.269 e. The van der Waals surface area contributed by atoms with E-state index in [1.54, 1.807) is 55.6 Å². The van der Waals surface area contributed by atoms with Gasteiger partial charge < -0.3 is 9.72 Å². The van der Waals surface area contributed by atoms with E-state index in [1.807, 2.05) is 18.2 Å². The number of fused-ring (bicyclic) bond motifs is 1. The van der Waals surface area contributed by atoms with Gasteiger partial charge in [0.15, 0.2) is 4.77 Å². The number of rotatable bonds is 4. The molecule has 0 fully saturated rings. The van der Waals surface area contributed by atoms with Crippen LogP contribution in [0.2, 0.25) is 5.02 Å². The summed E-state index contributed by atoms with van der Waals surface area (Å²) in [6.07, 6.45) is 0. The van der Waals surface area contributed by atoms with E-state index in [2.05, 4.69) is 9.97 Å².